The van der Waals surface area contributed by atoms with Gasteiger partial charge in [0.2, 0.25) is 0 Å². The molecule has 0 aliphatic heterocycles. The van der Waals surface area contributed by atoms with Gasteiger partial charge in [0.15, 0.2) is 6.10 Å². The fourth-order valence-electron chi connectivity index (χ4n) is 11.5. The largest absolute Gasteiger partial charge is 0.477 e. The highest BCUT2D eigenvalue weighted by Gasteiger charge is 2.25. The first-order chi connectivity index (χ1) is 45.1. The van der Waals surface area contributed by atoms with Crippen molar-refractivity contribution in [2.75, 3.05) is 47.5 Å². The number of hydrogen-bond acceptors (Lipinski definition) is 7. The Bertz CT molecular complexity index is 1790. The molecule has 0 bridgehead atoms. The van der Waals surface area contributed by atoms with Gasteiger partial charge in [-0.1, -0.05) is 369 Å². The minimum absolute atomic E-state index is 0.184. The molecule has 9 nitrogen and oxygen atoms in total. The zero-order chi connectivity index (χ0) is 66.8. The quantitative estimate of drug-likeness (QED) is 0.0211. The molecular weight excluding hydrogens is 1140 g/mol. The average molecular weight is 1290 g/mol. The van der Waals surface area contributed by atoms with Crippen LogP contribution in [0.2, 0.25) is 0 Å². The van der Waals surface area contributed by atoms with E-state index in [9.17, 15) is 19.5 Å². The van der Waals surface area contributed by atoms with Gasteiger partial charge >= 0.3 is 17.9 Å². The second-order valence-corrected chi connectivity index (χ2v) is 27.7. The second-order valence-electron chi connectivity index (χ2n) is 27.7. The van der Waals surface area contributed by atoms with E-state index in [1.165, 1.54) is 244 Å². The van der Waals surface area contributed by atoms with E-state index in [0.29, 0.717) is 23.9 Å². The minimum atomic E-state index is -1.52. The molecule has 0 spiro atoms. The molecule has 0 saturated carbocycles. The van der Waals surface area contributed by atoms with Gasteiger partial charge in [-0.2, -0.15) is 0 Å². The summed E-state index contributed by atoms with van der Waals surface area (Å²) in [6, 6.07) is 0. The number of likely N-dealkylation sites (N-methyl/N-ethyl adjacent to an activating group) is 1. The van der Waals surface area contributed by atoms with Gasteiger partial charge in [0.05, 0.1) is 34.4 Å². The Kier molecular flexibility index (Phi) is 70.5. The first kappa shape index (κ1) is 88.5. The van der Waals surface area contributed by atoms with Crippen LogP contribution in [0.4, 0.5) is 0 Å². The van der Waals surface area contributed by atoms with E-state index in [-0.39, 0.29) is 32.2 Å². The van der Waals surface area contributed by atoms with Crippen LogP contribution in [0.5, 0.6) is 0 Å². The van der Waals surface area contributed by atoms with E-state index in [2.05, 4.69) is 98.9 Å². The Labute approximate surface area is 570 Å². The number of ether oxygens (including phenoxy) is 4. The van der Waals surface area contributed by atoms with Crippen LogP contribution in [0, 0.1) is 0 Å². The molecule has 0 aliphatic rings. The zero-order valence-corrected chi connectivity index (χ0v) is 61.2. The molecule has 0 aromatic rings. The fraction of sp³-hybridized carbons (Fsp3) is 0.795. The number of unbranched alkanes of at least 4 members (excludes halogenated alkanes) is 44. The second kappa shape index (κ2) is 73.3. The van der Waals surface area contributed by atoms with Crippen molar-refractivity contribution in [3.05, 3.63) is 85.1 Å². The van der Waals surface area contributed by atoms with Crippen molar-refractivity contribution < 1.29 is 42.9 Å². The molecule has 534 valence electrons. The molecule has 0 saturated heterocycles. The lowest BCUT2D eigenvalue weighted by molar-refractivity contribution is -0.870. The Morgan fingerprint density at radius 1 is 0.337 bits per heavy atom. The van der Waals surface area contributed by atoms with Crippen LogP contribution in [0.1, 0.15) is 367 Å². The summed E-state index contributed by atoms with van der Waals surface area (Å²) in [5.74, 6) is -2.00. The topological polar surface area (TPSA) is 108 Å². The van der Waals surface area contributed by atoms with Gasteiger partial charge in [0.25, 0.3) is 6.29 Å². The maximum absolute atomic E-state index is 13.0. The summed E-state index contributed by atoms with van der Waals surface area (Å²) in [5.41, 5.74) is 0. The molecule has 0 heterocycles. The van der Waals surface area contributed by atoms with Crippen molar-refractivity contribution >= 4 is 17.9 Å². The molecule has 2 unspecified atom stereocenters. The molecule has 0 radical (unpaired) electrons. The monoisotopic (exact) mass is 1290 g/mol. The normalized spacial score (nSPS) is 13.1. The molecular formula is C83H150NO8+. The van der Waals surface area contributed by atoms with Crippen molar-refractivity contribution in [2.45, 2.75) is 379 Å². The predicted octanol–water partition coefficient (Wildman–Crippen LogP) is 25.0. The minimum Gasteiger partial charge on any atom is -0.477 e. The van der Waals surface area contributed by atoms with Crippen LogP contribution < -0.4 is 0 Å². The number of esters is 2. The SMILES string of the molecule is CC/C=C\C/C=C\C/C=C\C/C=C\C/C=C\C/C=C\C/C=C\CCCCCCCCCCCC(=O)OC(COC(=O)CCCCCCCCCCCCCCCCCCCCCCCCCCCCCCCCCCCCCC)COC(OCC[N+](C)(C)C)C(=O)O. The van der Waals surface area contributed by atoms with Gasteiger partial charge in [-0.3, -0.25) is 9.59 Å². The first-order valence-electron chi connectivity index (χ1n) is 39.3. The third-order valence-corrected chi connectivity index (χ3v) is 17.4. The number of carbonyl (C=O) groups is 3. The molecule has 0 aliphatic carbocycles. The number of hydrogen-bond donors (Lipinski definition) is 1. The van der Waals surface area contributed by atoms with Crippen LogP contribution in [0.15, 0.2) is 85.1 Å². The van der Waals surface area contributed by atoms with Gasteiger partial charge in [-0.15, -0.1) is 0 Å². The molecule has 0 amide bonds. The van der Waals surface area contributed by atoms with Crippen LogP contribution in [-0.2, 0) is 33.3 Å². The summed E-state index contributed by atoms with van der Waals surface area (Å²) in [6.45, 7) is 4.81. The lowest BCUT2D eigenvalue weighted by atomic mass is 10.0. The number of quaternary nitrogens is 1. The number of carboxylic acid groups (broad SMARTS) is 1. The number of carboxylic acids is 1. The lowest BCUT2D eigenvalue weighted by Crippen LogP contribution is -2.40. The summed E-state index contributed by atoms with van der Waals surface area (Å²) in [7, 11) is 5.98. The Morgan fingerprint density at radius 2 is 0.620 bits per heavy atom. The standard InChI is InChI=1S/C83H149NO8/c1-6-8-10-12-14-16-18-20-22-24-26-28-30-32-34-36-38-39-40-41-42-44-45-47-49-51-53-55-57-59-61-63-65-67-69-71-73-80(85)90-77-79(78-91-83(82(87)88)89-76-75-84(3,4)5)92-81(86)74-72-70-68-66-64-62-60-58-56-54-52-50-48-46-43-37-35-33-31-29-27-25-23-21-19-17-15-13-11-9-7-2/h9,11,15,17,21,23,27,29,33,35,43,46,50,52,79,83H,6-8,10,12-14,16,18-20,22,24-26,28,30-32,34,36-42,44-45,47-49,51,53-78H2,1-5H3/p+1/b11-9-,17-15-,23-21-,29-27-,35-33-,46-43-,52-50-. The molecule has 0 aromatic carbocycles. The van der Waals surface area contributed by atoms with Gasteiger partial charge in [-0.05, 0) is 70.6 Å². The van der Waals surface area contributed by atoms with E-state index in [1.54, 1.807) is 0 Å². The highest BCUT2D eigenvalue weighted by atomic mass is 16.7. The van der Waals surface area contributed by atoms with Crippen LogP contribution in [0.3, 0.4) is 0 Å². The van der Waals surface area contributed by atoms with Crippen molar-refractivity contribution in [1.29, 1.82) is 0 Å². The van der Waals surface area contributed by atoms with Crippen molar-refractivity contribution in [3.63, 3.8) is 0 Å². The lowest BCUT2D eigenvalue weighted by Gasteiger charge is -2.25. The molecule has 0 rings (SSSR count). The molecule has 0 fully saturated rings. The summed E-state index contributed by atoms with van der Waals surface area (Å²) in [5, 5.41) is 9.77. The van der Waals surface area contributed by atoms with Crippen LogP contribution in [-0.4, -0.2) is 87.4 Å². The molecule has 92 heavy (non-hydrogen) atoms. The molecule has 0 aromatic heterocycles. The van der Waals surface area contributed by atoms with Gasteiger partial charge in [0, 0.05) is 12.8 Å². The van der Waals surface area contributed by atoms with Crippen LogP contribution >= 0.6 is 0 Å². The maximum Gasteiger partial charge on any atom is 0.361 e. The third-order valence-electron chi connectivity index (χ3n) is 17.4. The smallest absolute Gasteiger partial charge is 0.361 e. The predicted molar refractivity (Wildman–Crippen MR) is 396 cm³/mol. The zero-order valence-electron chi connectivity index (χ0n) is 61.2. The summed E-state index contributed by atoms with van der Waals surface area (Å²) in [4.78, 5) is 37.7. The maximum atomic E-state index is 13.0. The van der Waals surface area contributed by atoms with E-state index in [0.717, 1.165) is 89.9 Å². The number of nitrogens with zero attached hydrogens (tertiary/aromatic N) is 1. The highest BCUT2D eigenvalue weighted by molar-refractivity contribution is 5.71. The Hall–Kier alpha value is -3.53. The van der Waals surface area contributed by atoms with E-state index in [1.807, 2.05) is 21.1 Å². The van der Waals surface area contributed by atoms with E-state index in [4.69, 9.17) is 18.9 Å². The van der Waals surface area contributed by atoms with Crippen molar-refractivity contribution in [1.82, 2.24) is 0 Å². The Morgan fingerprint density at radius 3 is 0.924 bits per heavy atom. The van der Waals surface area contributed by atoms with Gasteiger partial charge < -0.3 is 28.5 Å². The van der Waals surface area contributed by atoms with Gasteiger partial charge in [-0.25, -0.2) is 4.79 Å². The van der Waals surface area contributed by atoms with Crippen LogP contribution in [0.25, 0.3) is 0 Å². The number of allylic oxidation sites excluding steroid dienone is 14. The fourth-order valence-corrected chi connectivity index (χ4v) is 11.5. The summed E-state index contributed by atoms with van der Waals surface area (Å²) < 4.78 is 23.0. The first-order valence-corrected chi connectivity index (χ1v) is 39.3. The molecule has 1 N–H and O–H groups in total. The number of aliphatic carboxylic acids is 1. The highest BCUT2D eigenvalue weighted by Crippen LogP contribution is 2.19. The van der Waals surface area contributed by atoms with Gasteiger partial charge in [0.1, 0.15) is 13.2 Å². The number of rotatable bonds is 73. The summed E-state index contributed by atoms with van der Waals surface area (Å²) >= 11 is 0. The molecule has 2 atom stereocenters. The Balaban J connectivity index is 4.03. The average Bonchev–Trinajstić information content (AvgIpc) is 3.70. The summed E-state index contributed by atoms with van der Waals surface area (Å²) in [6.07, 6.45) is 97.4. The van der Waals surface area contributed by atoms with Crippen molar-refractivity contribution in [2.24, 2.45) is 0 Å². The van der Waals surface area contributed by atoms with E-state index >= 15 is 0 Å². The third kappa shape index (κ3) is 73.9. The van der Waals surface area contributed by atoms with E-state index < -0.39 is 24.3 Å². The van der Waals surface area contributed by atoms with Crippen molar-refractivity contribution in [3.8, 4) is 0 Å². The number of carbonyl (C=O) groups excluding carboxylic acids is 2. The molecule has 9 heteroatoms.